The van der Waals surface area contributed by atoms with E-state index in [1.165, 1.54) is 16.4 Å². The van der Waals surface area contributed by atoms with E-state index in [0.29, 0.717) is 35.5 Å². The first kappa shape index (κ1) is 19.5. The lowest BCUT2D eigenvalue weighted by Crippen LogP contribution is -2.40. The lowest BCUT2D eigenvalue weighted by atomic mass is 9.99. The van der Waals surface area contributed by atoms with Crippen molar-refractivity contribution in [2.24, 2.45) is 5.92 Å². The van der Waals surface area contributed by atoms with Crippen LogP contribution in [0.4, 0.5) is 10.1 Å². The van der Waals surface area contributed by atoms with Gasteiger partial charge in [0.2, 0.25) is 5.91 Å². The molecule has 1 N–H and O–H groups in total. The SMILES string of the molecule is O=C(Nc1cccc(Cl)c1)[C@@H]1C[C@H](c2ccc(F)cc2)N([S+](=O)([O-])C2CC2)C1. The second-order valence-electron chi connectivity index (χ2n) is 7.31. The molecule has 0 bridgehead atoms. The molecule has 0 spiro atoms. The van der Waals surface area contributed by atoms with Crippen molar-refractivity contribution in [2.45, 2.75) is 30.6 Å². The molecule has 4 rings (SSSR count). The summed E-state index contributed by atoms with van der Waals surface area (Å²) in [5, 5.41) is 2.95. The summed E-state index contributed by atoms with van der Waals surface area (Å²) in [6.45, 7) is 0.118. The highest BCUT2D eigenvalue weighted by Gasteiger charge is 2.52. The summed E-state index contributed by atoms with van der Waals surface area (Å²) in [6, 6.07) is 12.2. The molecule has 2 aromatic carbocycles. The lowest BCUT2D eigenvalue weighted by molar-refractivity contribution is -0.119. The van der Waals surface area contributed by atoms with Crippen molar-refractivity contribution < 1.29 is 17.9 Å². The normalized spacial score (nSPS) is 24.7. The van der Waals surface area contributed by atoms with Gasteiger partial charge < -0.3 is 9.87 Å². The van der Waals surface area contributed by atoms with Crippen molar-refractivity contribution >= 4 is 33.6 Å². The predicted molar refractivity (Wildman–Crippen MR) is 106 cm³/mol. The molecular weight excluding hydrogens is 403 g/mol. The summed E-state index contributed by atoms with van der Waals surface area (Å²) in [6.07, 6.45) is 1.65. The fourth-order valence-electron chi connectivity index (χ4n) is 3.63. The van der Waals surface area contributed by atoms with Crippen LogP contribution in [0.2, 0.25) is 5.02 Å². The van der Waals surface area contributed by atoms with Gasteiger partial charge >= 0.3 is 0 Å². The molecule has 5 nitrogen and oxygen atoms in total. The van der Waals surface area contributed by atoms with Crippen LogP contribution in [0, 0.1) is 11.7 Å². The minimum atomic E-state index is -3.48. The van der Waals surface area contributed by atoms with Gasteiger partial charge in [0.25, 0.3) is 0 Å². The van der Waals surface area contributed by atoms with Crippen molar-refractivity contribution in [3.63, 3.8) is 0 Å². The number of carbonyl (C=O) groups excluding carboxylic acids is 1. The monoisotopic (exact) mass is 422 g/mol. The number of hydrogen-bond acceptors (Lipinski definition) is 3. The molecule has 0 aromatic heterocycles. The Morgan fingerprint density at radius 1 is 1.21 bits per heavy atom. The Bertz CT molecular complexity index is 935. The summed E-state index contributed by atoms with van der Waals surface area (Å²) in [7, 11) is -3.48. The Morgan fingerprint density at radius 3 is 2.57 bits per heavy atom. The van der Waals surface area contributed by atoms with E-state index in [1.54, 1.807) is 36.4 Å². The molecule has 1 heterocycles. The van der Waals surface area contributed by atoms with E-state index >= 15 is 0 Å². The second kappa shape index (κ2) is 7.55. The van der Waals surface area contributed by atoms with Gasteiger partial charge in [-0.25, -0.2) is 4.39 Å². The molecule has 1 unspecified atom stereocenters. The molecule has 2 aromatic rings. The zero-order chi connectivity index (χ0) is 19.9. The van der Waals surface area contributed by atoms with Crippen LogP contribution in [0.25, 0.3) is 0 Å². The fourth-order valence-corrected chi connectivity index (χ4v) is 5.89. The molecule has 28 heavy (non-hydrogen) atoms. The zero-order valence-corrected chi connectivity index (χ0v) is 16.6. The molecule has 148 valence electrons. The Balaban J connectivity index is 1.57. The molecule has 2 fully saturated rings. The first-order valence-electron chi connectivity index (χ1n) is 9.17. The van der Waals surface area contributed by atoms with Crippen LogP contribution in [-0.4, -0.2) is 26.6 Å². The van der Waals surface area contributed by atoms with E-state index in [-0.39, 0.29) is 23.5 Å². The minimum Gasteiger partial charge on any atom is -0.597 e. The van der Waals surface area contributed by atoms with Crippen molar-refractivity contribution in [3.05, 3.63) is 64.9 Å². The van der Waals surface area contributed by atoms with Gasteiger partial charge in [0, 0.05) is 23.6 Å². The smallest absolute Gasteiger partial charge is 0.229 e. The first-order valence-corrected chi connectivity index (χ1v) is 11.1. The Morgan fingerprint density at radius 2 is 1.93 bits per heavy atom. The molecule has 2 aliphatic rings. The van der Waals surface area contributed by atoms with Gasteiger partial charge in [-0.05, 0) is 42.3 Å². The van der Waals surface area contributed by atoms with Gasteiger partial charge in [0.15, 0.2) is 0 Å². The van der Waals surface area contributed by atoms with E-state index in [4.69, 9.17) is 11.6 Å². The summed E-state index contributed by atoms with van der Waals surface area (Å²) in [4.78, 5) is 12.8. The number of sulfonamides is 1. The van der Waals surface area contributed by atoms with Crippen LogP contribution in [0.1, 0.15) is 30.9 Å². The van der Waals surface area contributed by atoms with Crippen molar-refractivity contribution in [1.29, 1.82) is 0 Å². The number of hydrogen-bond donors (Lipinski definition) is 1. The van der Waals surface area contributed by atoms with Crippen molar-refractivity contribution in [2.75, 3.05) is 11.9 Å². The largest absolute Gasteiger partial charge is 0.597 e. The number of carbonyl (C=O) groups is 1. The quantitative estimate of drug-likeness (QED) is 0.734. The summed E-state index contributed by atoms with van der Waals surface area (Å²) < 4.78 is 40.6. The topological polar surface area (TPSA) is 72.5 Å². The molecule has 1 amide bonds. The number of benzene rings is 2. The molecular formula is C20H20ClFN2O3S. The second-order valence-corrected chi connectivity index (χ2v) is 9.92. The number of halogens is 2. The Kier molecular flexibility index (Phi) is 5.26. The zero-order valence-electron chi connectivity index (χ0n) is 15.0. The van der Waals surface area contributed by atoms with Crippen LogP contribution in [0.3, 0.4) is 0 Å². The van der Waals surface area contributed by atoms with Crippen LogP contribution in [0.15, 0.2) is 48.5 Å². The fraction of sp³-hybridized carbons (Fsp3) is 0.350. The molecule has 0 radical (unpaired) electrons. The third-order valence-electron chi connectivity index (χ3n) is 5.25. The van der Waals surface area contributed by atoms with Gasteiger partial charge in [0.05, 0.1) is 18.5 Å². The van der Waals surface area contributed by atoms with E-state index in [9.17, 15) is 17.9 Å². The molecule has 8 heteroatoms. The predicted octanol–water partition coefficient (Wildman–Crippen LogP) is 4.19. The van der Waals surface area contributed by atoms with E-state index < -0.39 is 22.4 Å². The number of anilines is 1. The average Bonchev–Trinajstić information content (AvgIpc) is 3.42. The molecule has 1 saturated heterocycles. The standard InChI is InChI=1S/C20H20ClFN2O3S/c21-15-2-1-3-17(11-15)23-20(25)14-10-19(13-4-6-16(22)7-5-13)24(12-14)28(26,27)18-8-9-18/h1-7,11,14,18-19H,8-10,12H2,(H-,23,25,26,27)/t14-,19-/m1/s1. The highest BCUT2D eigenvalue weighted by molar-refractivity contribution is 7.96. The molecule has 1 aliphatic carbocycles. The Hall–Kier alpha value is -1.80. The van der Waals surface area contributed by atoms with Gasteiger partial charge in [-0.3, -0.25) is 4.79 Å². The van der Waals surface area contributed by atoms with Gasteiger partial charge in [-0.15, -0.1) is 4.31 Å². The minimum absolute atomic E-state index is 0.118. The maximum absolute atomic E-state index is 13.3. The van der Waals surface area contributed by atoms with Crippen molar-refractivity contribution in [3.8, 4) is 0 Å². The summed E-state index contributed by atoms with van der Waals surface area (Å²) in [5.41, 5.74) is 1.27. The van der Waals surface area contributed by atoms with E-state index in [1.807, 2.05) is 0 Å². The highest BCUT2D eigenvalue weighted by Crippen LogP contribution is 2.45. The van der Waals surface area contributed by atoms with E-state index in [2.05, 4.69) is 5.32 Å². The third kappa shape index (κ3) is 3.98. The average molecular weight is 423 g/mol. The Labute approximate surface area is 169 Å². The molecule has 1 saturated carbocycles. The van der Waals surface area contributed by atoms with Crippen LogP contribution >= 0.6 is 11.6 Å². The van der Waals surface area contributed by atoms with Gasteiger partial charge in [-0.2, -0.15) is 0 Å². The third-order valence-corrected chi connectivity index (χ3v) is 7.85. The summed E-state index contributed by atoms with van der Waals surface area (Å²) >= 11 is 5.96. The van der Waals surface area contributed by atoms with Gasteiger partial charge in [0.1, 0.15) is 21.5 Å². The molecule has 3 atom stereocenters. The number of amides is 1. The summed E-state index contributed by atoms with van der Waals surface area (Å²) in [5.74, 6) is -1.13. The molecule has 1 aliphatic heterocycles. The van der Waals surface area contributed by atoms with Crippen LogP contribution in [-0.2, 0) is 19.4 Å². The lowest BCUT2D eigenvalue weighted by Gasteiger charge is -2.29. The van der Waals surface area contributed by atoms with E-state index in [0.717, 1.165) is 0 Å². The number of nitrogens with zero attached hydrogens (tertiary/aromatic N) is 1. The maximum atomic E-state index is 13.3. The first-order chi connectivity index (χ1) is 13.3. The number of nitrogens with one attached hydrogen (secondary N) is 1. The van der Waals surface area contributed by atoms with Crippen molar-refractivity contribution in [1.82, 2.24) is 4.31 Å². The highest BCUT2D eigenvalue weighted by atomic mass is 35.5. The maximum Gasteiger partial charge on any atom is 0.229 e. The number of rotatable bonds is 5. The van der Waals surface area contributed by atoms with Crippen LogP contribution < -0.4 is 5.32 Å². The van der Waals surface area contributed by atoms with Gasteiger partial charge in [-0.1, -0.05) is 34.0 Å². The van der Waals surface area contributed by atoms with Crippen LogP contribution in [0.5, 0.6) is 0 Å².